The van der Waals surface area contributed by atoms with Crippen LogP contribution in [0.25, 0.3) is 33.2 Å². The second-order valence-corrected chi connectivity index (χ2v) is 6.36. The molecule has 0 atom stereocenters. The Kier molecular flexibility index (Phi) is 3.83. The molecule has 0 aliphatic rings. The van der Waals surface area contributed by atoms with E-state index in [0.29, 0.717) is 11.0 Å². The predicted molar refractivity (Wildman–Crippen MR) is 105 cm³/mol. The number of carbonyl (C=O) groups excluding carboxylic acids is 1. The molecule has 7 heteroatoms. The van der Waals surface area contributed by atoms with Crippen molar-refractivity contribution in [3.63, 3.8) is 0 Å². The molecule has 5 aromatic rings. The van der Waals surface area contributed by atoms with E-state index in [-0.39, 0.29) is 12.4 Å². The number of hydrogen-bond acceptors (Lipinski definition) is 5. The molecule has 0 aliphatic carbocycles. The van der Waals surface area contributed by atoms with Gasteiger partial charge in [-0.05, 0) is 29.8 Å². The van der Waals surface area contributed by atoms with Crippen molar-refractivity contribution in [3.8, 4) is 11.3 Å². The number of aromatic amines is 2. The molecule has 0 unspecified atom stereocenters. The molecule has 0 spiro atoms. The van der Waals surface area contributed by atoms with Crippen molar-refractivity contribution in [2.75, 3.05) is 0 Å². The van der Waals surface area contributed by atoms with Gasteiger partial charge in [-0.2, -0.15) is 0 Å². The van der Waals surface area contributed by atoms with Crippen LogP contribution in [0.1, 0.15) is 16.2 Å². The number of benzene rings is 2. The smallest absolute Gasteiger partial charge is 0.376 e. The highest BCUT2D eigenvalue weighted by Crippen LogP contribution is 2.28. The number of carbonyl (C=O) groups is 1. The molecule has 7 nitrogen and oxygen atoms in total. The molecule has 2 N–H and O–H groups in total. The summed E-state index contributed by atoms with van der Waals surface area (Å²) in [5.41, 5.74) is 5.00. The van der Waals surface area contributed by atoms with E-state index >= 15 is 0 Å². The molecule has 5 rings (SSSR count). The minimum Gasteiger partial charge on any atom is -0.455 e. The zero-order chi connectivity index (χ0) is 18.9. The molecule has 0 saturated heterocycles. The van der Waals surface area contributed by atoms with Crippen molar-refractivity contribution in [3.05, 3.63) is 78.4 Å². The van der Waals surface area contributed by atoms with E-state index in [0.717, 1.165) is 27.7 Å². The summed E-state index contributed by atoms with van der Waals surface area (Å²) in [6, 6.07) is 17.1. The second-order valence-electron chi connectivity index (χ2n) is 6.36. The summed E-state index contributed by atoms with van der Waals surface area (Å²) in [5, 5.41) is 7.27. The zero-order valence-electron chi connectivity index (χ0n) is 14.7. The fourth-order valence-corrected chi connectivity index (χ4v) is 3.14. The van der Waals surface area contributed by atoms with Crippen LogP contribution in [0.5, 0.6) is 0 Å². The Balaban J connectivity index is 1.46. The Morgan fingerprint density at radius 2 is 1.68 bits per heavy atom. The van der Waals surface area contributed by atoms with Crippen LogP contribution in [0.2, 0.25) is 0 Å². The topological polar surface area (TPSA) is 96.5 Å². The first kappa shape index (κ1) is 16.2. The van der Waals surface area contributed by atoms with Gasteiger partial charge in [0.25, 0.3) is 0 Å². The van der Waals surface area contributed by atoms with Crippen LogP contribution in [-0.4, -0.2) is 31.1 Å². The minimum absolute atomic E-state index is 0.0630. The van der Waals surface area contributed by atoms with E-state index in [9.17, 15) is 4.79 Å². The summed E-state index contributed by atoms with van der Waals surface area (Å²) >= 11 is 0. The van der Waals surface area contributed by atoms with E-state index in [2.05, 4.69) is 25.1 Å². The van der Waals surface area contributed by atoms with Crippen LogP contribution in [0.15, 0.2) is 67.0 Å². The molecular weight excluding hydrogens is 354 g/mol. The van der Waals surface area contributed by atoms with E-state index in [1.165, 1.54) is 0 Å². The molecule has 3 heterocycles. The number of hydrogen-bond donors (Lipinski definition) is 2. The molecule has 0 saturated carbocycles. The molecule has 2 aromatic carbocycles. The maximum Gasteiger partial charge on any atom is 0.376 e. The molecule has 0 amide bonds. The van der Waals surface area contributed by atoms with Crippen molar-refractivity contribution >= 4 is 27.9 Å². The fraction of sp³-hybridized carbons (Fsp3) is 0.0476. The molecule has 3 aromatic heterocycles. The molecule has 28 heavy (non-hydrogen) atoms. The lowest BCUT2D eigenvalue weighted by atomic mass is 10.1. The molecular formula is C21H15N5O2. The summed E-state index contributed by atoms with van der Waals surface area (Å²) in [7, 11) is 0. The van der Waals surface area contributed by atoms with Gasteiger partial charge in [-0.1, -0.05) is 30.3 Å². The Labute approximate surface area is 159 Å². The maximum atomic E-state index is 12.3. The fourth-order valence-electron chi connectivity index (χ4n) is 3.14. The second kappa shape index (κ2) is 6.62. The van der Waals surface area contributed by atoms with Crippen LogP contribution < -0.4 is 0 Å². The highest BCUT2D eigenvalue weighted by molar-refractivity contribution is 6.01. The van der Waals surface area contributed by atoms with Crippen molar-refractivity contribution in [2.45, 2.75) is 6.61 Å². The Bertz CT molecular complexity index is 1280. The summed E-state index contributed by atoms with van der Waals surface area (Å²) < 4.78 is 5.33. The van der Waals surface area contributed by atoms with Gasteiger partial charge in [0.1, 0.15) is 6.61 Å². The lowest BCUT2D eigenvalue weighted by Crippen LogP contribution is -2.07. The molecule has 0 bridgehead atoms. The molecule has 136 valence electrons. The third-order valence-electron chi connectivity index (χ3n) is 4.52. The quantitative estimate of drug-likeness (QED) is 0.469. The first-order valence-corrected chi connectivity index (χ1v) is 8.77. The Morgan fingerprint density at radius 1 is 0.929 bits per heavy atom. The van der Waals surface area contributed by atoms with Crippen LogP contribution in [0.3, 0.4) is 0 Å². The van der Waals surface area contributed by atoms with Gasteiger partial charge >= 0.3 is 5.97 Å². The highest BCUT2D eigenvalue weighted by Gasteiger charge is 2.17. The predicted octanol–water partition coefficient (Wildman–Crippen LogP) is 3.86. The number of esters is 1. The lowest BCUT2D eigenvalue weighted by molar-refractivity contribution is 0.0460. The number of H-pyrrole nitrogens is 2. The monoisotopic (exact) mass is 369 g/mol. The van der Waals surface area contributed by atoms with E-state index < -0.39 is 5.97 Å². The largest absolute Gasteiger partial charge is 0.455 e. The van der Waals surface area contributed by atoms with Crippen LogP contribution >= 0.6 is 0 Å². The number of pyridine rings is 1. The van der Waals surface area contributed by atoms with Gasteiger partial charge in [0.15, 0.2) is 0 Å². The van der Waals surface area contributed by atoms with Crippen molar-refractivity contribution in [1.82, 2.24) is 25.1 Å². The van der Waals surface area contributed by atoms with Gasteiger partial charge in [0.05, 0.1) is 22.2 Å². The summed E-state index contributed by atoms with van der Waals surface area (Å²) in [6.45, 7) is 0.187. The van der Waals surface area contributed by atoms with E-state index in [1.807, 2.05) is 54.6 Å². The minimum atomic E-state index is -0.537. The summed E-state index contributed by atoms with van der Waals surface area (Å²) in [4.78, 5) is 25.1. The van der Waals surface area contributed by atoms with Gasteiger partial charge < -0.3 is 9.84 Å². The molecule has 0 fully saturated rings. The van der Waals surface area contributed by atoms with Crippen LogP contribution in [0.4, 0.5) is 0 Å². The standard InChI is InChI=1S/C21H15N5O2/c27-21(28-12-13-4-2-1-3-5-13)20-23-17-10-15-16(11-18(17)24-20)25-26-19(15)14-6-8-22-9-7-14/h1-11,25-26H,12H2. The van der Waals surface area contributed by atoms with Crippen molar-refractivity contribution < 1.29 is 9.53 Å². The maximum absolute atomic E-state index is 12.3. The van der Waals surface area contributed by atoms with Crippen LogP contribution in [-0.2, 0) is 11.3 Å². The average Bonchev–Trinajstić information content (AvgIpc) is 3.35. The zero-order valence-corrected chi connectivity index (χ0v) is 14.7. The third kappa shape index (κ3) is 2.88. The number of nitrogens with zero attached hydrogens (tertiary/aromatic N) is 3. The van der Waals surface area contributed by atoms with Gasteiger partial charge in [0, 0.05) is 23.3 Å². The number of aromatic nitrogens is 5. The highest BCUT2D eigenvalue weighted by atomic mass is 16.5. The van der Waals surface area contributed by atoms with Crippen molar-refractivity contribution in [2.24, 2.45) is 0 Å². The summed E-state index contributed by atoms with van der Waals surface area (Å²) in [6.07, 6.45) is 3.48. The lowest BCUT2D eigenvalue weighted by Gasteiger charge is -2.01. The number of rotatable bonds is 4. The molecule has 0 aliphatic heterocycles. The summed E-state index contributed by atoms with van der Waals surface area (Å²) in [5.74, 6) is -0.474. The van der Waals surface area contributed by atoms with E-state index in [4.69, 9.17) is 4.74 Å². The Morgan fingerprint density at radius 3 is 2.46 bits per heavy atom. The van der Waals surface area contributed by atoms with Gasteiger partial charge in [-0.3, -0.25) is 10.1 Å². The van der Waals surface area contributed by atoms with Gasteiger partial charge in [0.2, 0.25) is 5.82 Å². The number of imidazole rings is 1. The SMILES string of the molecule is O=C(OCc1ccccc1)c1nc2cc3[nH][nH]c(-c4ccncc4)c3cc2n1. The number of fused-ring (bicyclic) bond motifs is 2. The molecule has 0 radical (unpaired) electrons. The first-order valence-electron chi connectivity index (χ1n) is 8.77. The van der Waals surface area contributed by atoms with Crippen molar-refractivity contribution in [1.29, 1.82) is 0 Å². The van der Waals surface area contributed by atoms with Crippen LogP contribution in [0, 0.1) is 0 Å². The van der Waals surface area contributed by atoms with Gasteiger partial charge in [-0.15, -0.1) is 0 Å². The Hall–Kier alpha value is -4.00. The van der Waals surface area contributed by atoms with Gasteiger partial charge in [-0.25, -0.2) is 14.8 Å². The number of nitrogens with one attached hydrogen (secondary N) is 2. The third-order valence-corrected chi connectivity index (χ3v) is 4.52. The average molecular weight is 369 g/mol. The number of ether oxygens (including phenoxy) is 1. The van der Waals surface area contributed by atoms with E-state index in [1.54, 1.807) is 12.4 Å². The normalized spacial score (nSPS) is 11.1. The first-order chi connectivity index (χ1) is 13.8.